The minimum atomic E-state index is -0.0357. The number of H-pyrrole nitrogens is 1. The van der Waals surface area contributed by atoms with Crippen LogP contribution in [0.4, 0.5) is 11.4 Å². The Bertz CT molecular complexity index is 851. The number of hydrogen-bond acceptors (Lipinski definition) is 2. The molecule has 1 N–H and O–H groups in total. The monoisotopic (exact) mass is 287 g/mol. The maximum atomic E-state index is 12.9. The van der Waals surface area contributed by atoms with Gasteiger partial charge in [0.1, 0.15) is 0 Å². The number of amides is 1. The first-order valence-corrected chi connectivity index (χ1v) is 7.04. The smallest absolute Gasteiger partial charge is 0.263 e. The lowest BCUT2D eigenvalue weighted by Crippen LogP contribution is -2.19. The molecule has 4 rings (SSSR count). The van der Waals surface area contributed by atoms with Gasteiger partial charge in [-0.1, -0.05) is 48.5 Å². The van der Waals surface area contributed by atoms with E-state index in [1.165, 1.54) is 0 Å². The molecular weight excluding hydrogens is 274 g/mol. The zero-order chi connectivity index (χ0) is 14.9. The molecule has 0 bridgehead atoms. The first-order chi connectivity index (χ1) is 10.8. The van der Waals surface area contributed by atoms with Gasteiger partial charge in [-0.2, -0.15) is 5.10 Å². The summed E-state index contributed by atoms with van der Waals surface area (Å²) in [6, 6.07) is 17.7. The van der Waals surface area contributed by atoms with Gasteiger partial charge in [0.05, 0.1) is 23.1 Å². The first-order valence-electron chi connectivity index (χ1n) is 7.04. The average molecular weight is 287 g/mol. The van der Waals surface area contributed by atoms with Crippen LogP contribution in [0.2, 0.25) is 0 Å². The molecule has 2 aromatic carbocycles. The van der Waals surface area contributed by atoms with Gasteiger partial charge in [0.2, 0.25) is 0 Å². The Balaban J connectivity index is 1.88. The van der Waals surface area contributed by atoms with Gasteiger partial charge in [-0.25, -0.2) is 0 Å². The molecule has 0 atom stereocenters. The normalized spacial score (nSPS) is 15.4. The Morgan fingerprint density at radius 1 is 1.00 bits per heavy atom. The van der Waals surface area contributed by atoms with Gasteiger partial charge in [-0.05, 0) is 17.7 Å². The molecule has 3 aromatic rings. The molecule has 1 aliphatic heterocycles. The summed E-state index contributed by atoms with van der Waals surface area (Å²) in [6.45, 7) is 0. The van der Waals surface area contributed by atoms with E-state index in [1.54, 1.807) is 17.3 Å². The Labute approximate surface area is 127 Å². The number of aromatic nitrogens is 2. The molecule has 106 valence electrons. The third-order valence-electron chi connectivity index (χ3n) is 3.72. The van der Waals surface area contributed by atoms with Crippen molar-refractivity contribution in [1.29, 1.82) is 0 Å². The van der Waals surface area contributed by atoms with Crippen molar-refractivity contribution < 1.29 is 4.79 Å². The van der Waals surface area contributed by atoms with E-state index in [0.29, 0.717) is 5.57 Å². The SMILES string of the molecule is O=C1/C(=C\c2ccccc2)c2ccccc2N1c1cn[nH]c1. The van der Waals surface area contributed by atoms with Crippen LogP contribution in [-0.2, 0) is 4.79 Å². The zero-order valence-electron chi connectivity index (χ0n) is 11.7. The molecular formula is C18H13N3O. The largest absolute Gasteiger partial charge is 0.284 e. The van der Waals surface area contributed by atoms with Gasteiger partial charge in [0.15, 0.2) is 0 Å². The molecule has 4 nitrogen and oxygen atoms in total. The predicted octanol–water partition coefficient (Wildman–Crippen LogP) is 3.63. The lowest BCUT2D eigenvalue weighted by Gasteiger charge is -2.13. The number of nitrogens with zero attached hydrogens (tertiary/aromatic N) is 2. The van der Waals surface area contributed by atoms with Crippen molar-refractivity contribution in [3.05, 3.63) is 78.1 Å². The molecule has 1 amide bonds. The molecule has 0 aliphatic carbocycles. The molecule has 0 fully saturated rings. The second-order valence-corrected chi connectivity index (χ2v) is 5.08. The Hall–Kier alpha value is -3.14. The number of rotatable bonds is 2. The van der Waals surface area contributed by atoms with Crippen molar-refractivity contribution in [3.63, 3.8) is 0 Å². The molecule has 0 radical (unpaired) electrons. The van der Waals surface area contributed by atoms with Crippen molar-refractivity contribution >= 4 is 28.9 Å². The maximum Gasteiger partial charge on any atom is 0.263 e. The van der Waals surface area contributed by atoms with E-state index in [2.05, 4.69) is 10.2 Å². The van der Waals surface area contributed by atoms with Gasteiger partial charge < -0.3 is 0 Å². The van der Waals surface area contributed by atoms with Crippen LogP contribution in [0.3, 0.4) is 0 Å². The number of aromatic amines is 1. The summed E-state index contributed by atoms with van der Waals surface area (Å²) in [4.78, 5) is 14.6. The highest BCUT2D eigenvalue weighted by atomic mass is 16.2. The fourth-order valence-electron chi connectivity index (χ4n) is 2.72. The van der Waals surface area contributed by atoms with Crippen LogP contribution in [0.25, 0.3) is 11.6 Å². The molecule has 1 aromatic heterocycles. The van der Waals surface area contributed by atoms with Crippen LogP contribution in [0.15, 0.2) is 67.0 Å². The zero-order valence-corrected chi connectivity index (χ0v) is 11.7. The average Bonchev–Trinajstić information content (AvgIpc) is 3.16. The molecule has 2 heterocycles. The number of hydrogen-bond donors (Lipinski definition) is 1. The summed E-state index contributed by atoms with van der Waals surface area (Å²) >= 11 is 0. The maximum absolute atomic E-state index is 12.9. The fourth-order valence-corrected chi connectivity index (χ4v) is 2.72. The number of carbonyl (C=O) groups is 1. The number of nitrogens with one attached hydrogen (secondary N) is 1. The second-order valence-electron chi connectivity index (χ2n) is 5.08. The summed E-state index contributed by atoms with van der Waals surface area (Å²) in [5, 5.41) is 6.70. The van der Waals surface area contributed by atoms with Crippen molar-refractivity contribution in [2.24, 2.45) is 0 Å². The van der Waals surface area contributed by atoms with Crippen LogP contribution >= 0.6 is 0 Å². The summed E-state index contributed by atoms with van der Waals surface area (Å²) in [6.07, 6.45) is 5.31. The molecule has 0 saturated heterocycles. The summed E-state index contributed by atoms with van der Waals surface area (Å²) in [7, 11) is 0. The molecule has 0 saturated carbocycles. The number of benzene rings is 2. The van der Waals surface area contributed by atoms with Crippen molar-refractivity contribution in [1.82, 2.24) is 10.2 Å². The standard InChI is InChI=1S/C18H13N3O/c22-18-16(10-13-6-2-1-3-7-13)15-8-4-5-9-17(15)21(18)14-11-19-20-12-14/h1-12H,(H,19,20)/b16-10-. The van der Waals surface area contributed by atoms with E-state index in [-0.39, 0.29) is 5.91 Å². The van der Waals surface area contributed by atoms with Gasteiger partial charge in [0.25, 0.3) is 5.91 Å². The summed E-state index contributed by atoms with van der Waals surface area (Å²) in [5.74, 6) is -0.0357. The molecule has 22 heavy (non-hydrogen) atoms. The van der Waals surface area contributed by atoms with Crippen LogP contribution < -0.4 is 4.90 Å². The topological polar surface area (TPSA) is 49.0 Å². The van der Waals surface area contributed by atoms with Gasteiger partial charge in [0, 0.05) is 11.8 Å². The van der Waals surface area contributed by atoms with E-state index < -0.39 is 0 Å². The minimum Gasteiger partial charge on any atom is -0.284 e. The lowest BCUT2D eigenvalue weighted by molar-refractivity contribution is -0.112. The van der Waals surface area contributed by atoms with Gasteiger partial charge >= 0.3 is 0 Å². The minimum absolute atomic E-state index is 0.0357. The molecule has 0 spiro atoms. The summed E-state index contributed by atoms with van der Waals surface area (Å²) in [5.41, 5.74) is 4.28. The number of para-hydroxylation sites is 1. The predicted molar refractivity (Wildman–Crippen MR) is 86.5 cm³/mol. The van der Waals surface area contributed by atoms with Gasteiger partial charge in [-0.15, -0.1) is 0 Å². The van der Waals surface area contributed by atoms with Crippen LogP contribution in [0, 0.1) is 0 Å². The highest BCUT2D eigenvalue weighted by molar-refractivity contribution is 6.37. The number of anilines is 2. The quantitative estimate of drug-likeness (QED) is 0.732. The Morgan fingerprint density at radius 3 is 2.55 bits per heavy atom. The van der Waals surface area contributed by atoms with E-state index in [4.69, 9.17) is 0 Å². The molecule has 0 unspecified atom stereocenters. The highest BCUT2D eigenvalue weighted by Gasteiger charge is 2.33. The van der Waals surface area contributed by atoms with Crippen LogP contribution in [0.5, 0.6) is 0 Å². The van der Waals surface area contributed by atoms with E-state index in [9.17, 15) is 4.79 Å². The van der Waals surface area contributed by atoms with Crippen molar-refractivity contribution in [3.8, 4) is 0 Å². The van der Waals surface area contributed by atoms with Gasteiger partial charge in [-0.3, -0.25) is 14.8 Å². The second kappa shape index (κ2) is 5.00. The van der Waals surface area contributed by atoms with Crippen LogP contribution in [-0.4, -0.2) is 16.1 Å². The van der Waals surface area contributed by atoms with E-state index in [0.717, 1.165) is 22.5 Å². The fraction of sp³-hybridized carbons (Fsp3) is 0. The van der Waals surface area contributed by atoms with E-state index >= 15 is 0 Å². The lowest BCUT2D eigenvalue weighted by atomic mass is 10.0. The first kappa shape index (κ1) is 12.6. The highest BCUT2D eigenvalue weighted by Crippen LogP contribution is 2.41. The number of carbonyl (C=O) groups excluding carboxylic acids is 1. The Morgan fingerprint density at radius 2 is 1.77 bits per heavy atom. The molecule has 1 aliphatic rings. The number of fused-ring (bicyclic) bond motifs is 1. The third-order valence-corrected chi connectivity index (χ3v) is 3.72. The third kappa shape index (κ3) is 1.93. The van der Waals surface area contributed by atoms with E-state index in [1.807, 2.05) is 60.7 Å². The van der Waals surface area contributed by atoms with Crippen molar-refractivity contribution in [2.45, 2.75) is 0 Å². The summed E-state index contributed by atoms with van der Waals surface area (Å²) < 4.78 is 0. The Kier molecular flexibility index (Phi) is 2.86. The van der Waals surface area contributed by atoms with Crippen LogP contribution in [0.1, 0.15) is 11.1 Å². The molecule has 4 heteroatoms. The van der Waals surface area contributed by atoms with Crippen molar-refractivity contribution in [2.75, 3.05) is 4.90 Å².